The number of anilines is 1. The van der Waals surface area contributed by atoms with E-state index in [2.05, 4.69) is 24.1 Å². The van der Waals surface area contributed by atoms with Gasteiger partial charge < -0.3 is 10.1 Å². The Morgan fingerprint density at radius 2 is 2.00 bits per heavy atom. The van der Waals surface area contributed by atoms with Gasteiger partial charge in [0.25, 0.3) is 0 Å². The molecule has 0 saturated carbocycles. The summed E-state index contributed by atoms with van der Waals surface area (Å²) in [6.07, 6.45) is 4.49. The molecule has 1 saturated heterocycles. The molecule has 0 bridgehead atoms. The standard InChI is InChI=1S/C13H19ClN2O/c1-8-4-12(7-15-13(8)14)16-11-5-9(2)17-10(3)6-11/h4,7,9-11,16H,5-6H2,1-3H3. The van der Waals surface area contributed by atoms with E-state index in [0.29, 0.717) is 23.4 Å². The maximum absolute atomic E-state index is 5.91. The van der Waals surface area contributed by atoms with Crippen molar-refractivity contribution in [3.63, 3.8) is 0 Å². The first kappa shape index (κ1) is 12.7. The van der Waals surface area contributed by atoms with Gasteiger partial charge in [0.2, 0.25) is 0 Å². The van der Waals surface area contributed by atoms with Gasteiger partial charge in [0.15, 0.2) is 0 Å². The lowest BCUT2D eigenvalue weighted by Crippen LogP contribution is -2.36. The fourth-order valence-electron chi connectivity index (χ4n) is 2.40. The van der Waals surface area contributed by atoms with E-state index < -0.39 is 0 Å². The fourth-order valence-corrected chi connectivity index (χ4v) is 2.50. The zero-order valence-corrected chi connectivity index (χ0v) is 11.3. The molecule has 0 amide bonds. The number of ether oxygens (including phenoxy) is 1. The Kier molecular flexibility index (Phi) is 3.89. The van der Waals surface area contributed by atoms with Gasteiger partial charge in [-0.25, -0.2) is 4.98 Å². The van der Waals surface area contributed by atoms with Crippen LogP contribution in [-0.2, 0) is 4.74 Å². The quantitative estimate of drug-likeness (QED) is 0.822. The van der Waals surface area contributed by atoms with Crippen molar-refractivity contribution in [1.29, 1.82) is 0 Å². The highest BCUT2D eigenvalue weighted by Crippen LogP contribution is 2.23. The van der Waals surface area contributed by atoms with Crippen molar-refractivity contribution in [3.05, 3.63) is 23.0 Å². The Hall–Kier alpha value is -0.800. The summed E-state index contributed by atoms with van der Waals surface area (Å²) < 4.78 is 5.72. The largest absolute Gasteiger partial charge is 0.381 e. The molecule has 0 radical (unpaired) electrons. The number of pyridine rings is 1. The van der Waals surface area contributed by atoms with Crippen LogP contribution in [0.4, 0.5) is 5.69 Å². The normalized spacial score (nSPS) is 29.1. The first-order chi connectivity index (χ1) is 8.04. The molecule has 17 heavy (non-hydrogen) atoms. The molecule has 2 atom stereocenters. The zero-order valence-electron chi connectivity index (χ0n) is 10.5. The number of halogens is 1. The second-order valence-electron chi connectivity index (χ2n) is 4.90. The Labute approximate surface area is 108 Å². The van der Waals surface area contributed by atoms with Crippen LogP contribution in [0.3, 0.4) is 0 Å². The summed E-state index contributed by atoms with van der Waals surface area (Å²) in [4.78, 5) is 4.15. The SMILES string of the molecule is Cc1cc(NC2CC(C)OC(C)C2)cnc1Cl. The Bertz CT molecular complexity index is 387. The maximum atomic E-state index is 5.91. The molecule has 2 unspecified atom stereocenters. The molecule has 1 aliphatic rings. The van der Waals surface area contributed by atoms with Crippen LogP contribution >= 0.6 is 11.6 Å². The molecule has 1 fully saturated rings. The molecule has 94 valence electrons. The van der Waals surface area contributed by atoms with E-state index in [-0.39, 0.29) is 0 Å². The molecule has 1 aromatic rings. The van der Waals surface area contributed by atoms with E-state index in [0.717, 1.165) is 24.1 Å². The van der Waals surface area contributed by atoms with E-state index in [1.54, 1.807) is 6.20 Å². The number of rotatable bonds is 2. The van der Waals surface area contributed by atoms with Gasteiger partial charge in [-0.05, 0) is 45.2 Å². The molecule has 2 heterocycles. The maximum Gasteiger partial charge on any atom is 0.132 e. The van der Waals surface area contributed by atoms with Gasteiger partial charge in [-0.3, -0.25) is 0 Å². The van der Waals surface area contributed by atoms with E-state index in [9.17, 15) is 0 Å². The van der Waals surface area contributed by atoms with Crippen LogP contribution in [0, 0.1) is 6.92 Å². The summed E-state index contributed by atoms with van der Waals surface area (Å²) in [5.74, 6) is 0. The van der Waals surface area contributed by atoms with Crippen molar-refractivity contribution >= 4 is 17.3 Å². The number of hydrogen-bond acceptors (Lipinski definition) is 3. The van der Waals surface area contributed by atoms with E-state index >= 15 is 0 Å². The van der Waals surface area contributed by atoms with E-state index in [1.165, 1.54) is 0 Å². The zero-order chi connectivity index (χ0) is 12.4. The summed E-state index contributed by atoms with van der Waals surface area (Å²) in [7, 11) is 0. The molecule has 0 aromatic carbocycles. The molecule has 2 rings (SSSR count). The molecule has 1 N–H and O–H groups in total. The van der Waals surface area contributed by atoms with Crippen LogP contribution in [0.25, 0.3) is 0 Å². The van der Waals surface area contributed by atoms with Crippen molar-refractivity contribution in [2.24, 2.45) is 0 Å². The predicted molar refractivity (Wildman–Crippen MR) is 70.6 cm³/mol. The summed E-state index contributed by atoms with van der Waals surface area (Å²) >= 11 is 5.91. The molecule has 1 aromatic heterocycles. The molecule has 0 aliphatic carbocycles. The summed E-state index contributed by atoms with van der Waals surface area (Å²) in [5.41, 5.74) is 2.04. The van der Waals surface area contributed by atoms with Crippen LogP contribution in [0.5, 0.6) is 0 Å². The number of nitrogens with zero attached hydrogens (tertiary/aromatic N) is 1. The second kappa shape index (κ2) is 5.23. The monoisotopic (exact) mass is 254 g/mol. The molecular weight excluding hydrogens is 236 g/mol. The van der Waals surface area contributed by atoms with Crippen molar-refractivity contribution in [2.45, 2.75) is 51.9 Å². The van der Waals surface area contributed by atoms with Gasteiger partial charge in [0.05, 0.1) is 24.1 Å². The molecular formula is C13H19ClN2O. The van der Waals surface area contributed by atoms with Crippen LogP contribution in [-0.4, -0.2) is 23.2 Å². The third-order valence-corrected chi connectivity index (χ3v) is 3.48. The topological polar surface area (TPSA) is 34.1 Å². The van der Waals surface area contributed by atoms with Gasteiger partial charge in [-0.15, -0.1) is 0 Å². The Morgan fingerprint density at radius 3 is 2.59 bits per heavy atom. The van der Waals surface area contributed by atoms with E-state index in [1.807, 2.05) is 13.0 Å². The summed E-state index contributed by atoms with van der Waals surface area (Å²) in [6, 6.07) is 2.50. The second-order valence-corrected chi connectivity index (χ2v) is 5.26. The highest BCUT2D eigenvalue weighted by atomic mass is 35.5. The first-order valence-corrected chi connectivity index (χ1v) is 6.46. The lowest BCUT2D eigenvalue weighted by atomic mass is 9.99. The van der Waals surface area contributed by atoms with Gasteiger partial charge >= 0.3 is 0 Å². The van der Waals surface area contributed by atoms with Gasteiger partial charge in [-0.2, -0.15) is 0 Å². The van der Waals surface area contributed by atoms with Crippen molar-refractivity contribution < 1.29 is 4.74 Å². The molecule has 3 nitrogen and oxygen atoms in total. The number of aryl methyl sites for hydroxylation is 1. The van der Waals surface area contributed by atoms with Crippen molar-refractivity contribution in [2.75, 3.05) is 5.32 Å². The van der Waals surface area contributed by atoms with Gasteiger partial charge in [0.1, 0.15) is 5.15 Å². The third-order valence-electron chi connectivity index (χ3n) is 3.08. The highest BCUT2D eigenvalue weighted by Gasteiger charge is 2.24. The molecule has 1 aliphatic heterocycles. The fraction of sp³-hybridized carbons (Fsp3) is 0.615. The highest BCUT2D eigenvalue weighted by molar-refractivity contribution is 6.30. The minimum atomic E-state index is 0.317. The van der Waals surface area contributed by atoms with Crippen molar-refractivity contribution in [1.82, 2.24) is 4.98 Å². The average Bonchev–Trinajstić information content (AvgIpc) is 2.22. The molecule has 4 heteroatoms. The van der Waals surface area contributed by atoms with Crippen molar-refractivity contribution in [3.8, 4) is 0 Å². The Morgan fingerprint density at radius 1 is 1.35 bits per heavy atom. The number of aromatic nitrogens is 1. The first-order valence-electron chi connectivity index (χ1n) is 6.08. The predicted octanol–water partition coefficient (Wildman–Crippen LogP) is 3.41. The minimum absolute atomic E-state index is 0.317. The van der Waals surface area contributed by atoms with E-state index in [4.69, 9.17) is 16.3 Å². The average molecular weight is 255 g/mol. The lowest BCUT2D eigenvalue weighted by Gasteiger charge is -2.33. The van der Waals surface area contributed by atoms with Gasteiger partial charge in [-0.1, -0.05) is 11.6 Å². The van der Waals surface area contributed by atoms with Crippen LogP contribution in [0.1, 0.15) is 32.3 Å². The Balaban J connectivity index is 2.02. The number of hydrogen-bond donors (Lipinski definition) is 1. The van der Waals surface area contributed by atoms with Crippen LogP contribution < -0.4 is 5.32 Å². The lowest BCUT2D eigenvalue weighted by molar-refractivity contribution is -0.0337. The third kappa shape index (κ3) is 3.33. The van der Waals surface area contributed by atoms with Crippen LogP contribution in [0.2, 0.25) is 5.15 Å². The smallest absolute Gasteiger partial charge is 0.132 e. The van der Waals surface area contributed by atoms with Crippen LogP contribution in [0.15, 0.2) is 12.3 Å². The summed E-state index contributed by atoms with van der Waals surface area (Å²) in [6.45, 7) is 6.21. The number of nitrogens with one attached hydrogen (secondary N) is 1. The minimum Gasteiger partial charge on any atom is -0.381 e. The molecule has 0 spiro atoms. The van der Waals surface area contributed by atoms with Gasteiger partial charge in [0, 0.05) is 6.04 Å². The summed E-state index contributed by atoms with van der Waals surface area (Å²) in [5, 5.41) is 4.08.